The van der Waals surface area contributed by atoms with E-state index in [0.29, 0.717) is 12.5 Å². The monoisotopic (exact) mass is 526 g/mol. The molecule has 2 saturated heterocycles. The van der Waals surface area contributed by atoms with Crippen LogP contribution < -0.4 is 0 Å². The molecule has 39 heavy (non-hydrogen) atoms. The Morgan fingerprint density at radius 3 is 2.15 bits per heavy atom. The van der Waals surface area contributed by atoms with Gasteiger partial charge in [-0.15, -0.1) is 6.58 Å². The van der Waals surface area contributed by atoms with Crippen LogP contribution in [0.4, 0.5) is 0 Å². The lowest BCUT2D eigenvalue weighted by Crippen LogP contribution is -2.40. The van der Waals surface area contributed by atoms with Gasteiger partial charge in [-0.3, -0.25) is 29.0 Å². The zero-order valence-electron chi connectivity index (χ0n) is 22.7. The molecule has 7 rings (SSSR count). The summed E-state index contributed by atoms with van der Waals surface area (Å²) in [6.45, 7) is 6.53. The van der Waals surface area contributed by atoms with Crippen molar-refractivity contribution in [2.45, 2.75) is 63.8 Å². The Labute approximate surface area is 230 Å². The molecule has 3 saturated carbocycles. The predicted octanol–water partition coefficient (Wildman–Crippen LogP) is 4.51. The largest absolute Gasteiger partial charge is 0.282 e. The minimum atomic E-state index is -0.208. The summed E-state index contributed by atoms with van der Waals surface area (Å²) in [5, 5.41) is 0. The highest BCUT2D eigenvalue weighted by atomic mass is 16.2. The van der Waals surface area contributed by atoms with Crippen molar-refractivity contribution in [3.05, 3.63) is 60.2 Å². The second-order valence-corrected chi connectivity index (χ2v) is 13.0. The van der Waals surface area contributed by atoms with Crippen molar-refractivity contribution < 1.29 is 19.2 Å². The minimum absolute atomic E-state index is 0.00147. The molecule has 2 bridgehead atoms. The fraction of sp³-hybridized carbons (Fsp3) is 0.576. The van der Waals surface area contributed by atoms with Gasteiger partial charge in [0.2, 0.25) is 23.6 Å². The SMILES string of the molecule is C=CC1CC(C)C2C(=O)N(C3CCC(c4ccc(CCCN5C(=O)C6C7C=CC(C7)C6C5=O)cc4)C3)C(=O)C12. The molecule has 1 aromatic carbocycles. The number of nitrogens with zero attached hydrogens (tertiary/aromatic N) is 2. The first-order valence-corrected chi connectivity index (χ1v) is 15.0. The van der Waals surface area contributed by atoms with E-state index in [1.165, 1.54) is 16.0 Å². The van der Waals surface area contributed by atoms with Crippen LogP contribution in [0.1, 0.15) is 62.5 Å². The molecule has 2 heterocycles. The van der Waals surface area contributed by atoms with Crippen molar-refractivity contribution in [1.29, 1.82) is 0 Å². The number of carbonyl (C=O) groups excluding carboxylic acids is 4. The number of hydrogen-bond acceptors (Lipinski definition) is 4. The molecule has 0 spiro atoms. The molecule has 10 atom stereocenters. The van der Waals surface area contributed by atoms with Crippen LogP contribution in [-0.4, -0.2) is 46.0 Å². The van der Waals surface area contributed by atoms with Gasteiger partial charge in [0.1, 0.15) is 0 Å². The summed E-state index contributed by atoms with van der Waals surface area (Å²) in [7, 11) is 0. The van der Waals surface area contributed by atoms with Gasteiger partial charge in [-0.05, 0) is 85.7 Å². The molecule has 4 amide bonds. The highest BCUT2D eigenvalue weighted by Crippen LogP contribution is 2.53. The standard InChI is InChI=1S/C33H38N2O4/c1-3-20-15-18(2)26-27(20)33(39)35(32(26)38)25-13-12-22(17-25)21-8-6-19(7-9-21)5-4-14-34-30(36)28-23-10-11-24(16-23)29(28)31(34)37/h3,6-11,18,20,22-29H,1,4-5,12-17H2,2H3. The third kappa shape index (κ3) is 3.73. The maximum atomic E-state index is 13.3. The Hall–Kier alpha value is -3.02. The van der Waals surface area contributed by atoms with Crippen LogP contribution in [0.25, 0.3) is 0 Å². The molecule has 5 fully saturated rings. The number of rotatable bonds is 7. The minimum Gasteiger partial charge on any atom is -0.282 e. The van der Waals surface area contributed by atoms with Crippen LogP contribution in [-0.2, 0) is 25.6 Å². The topological polar surface area (TPSA) is 74.8 Å². The van der Waals surface area contributed by atoms with Gasteiger partial charge in [0, 0.05) is 12.6 Å². The van der Waals surface area contributed by atoms with E-state index >= 15 is 0 Å². The van der Waals surface area contributed by atoms with Crippen LogP contribution in [0.2, 0.25) is 0 Å². The van der Waals surface area contributed by atoms with Crippen LogP contribution >= 0.6 is 0 Å². The lowest BCUT2D eigenvalue weighted by molar-refractivity contribution is -0.144. The Balaban J connectivity index is 0.937. The maximum absolute atomic E-state index is 13.3. The molecule has 6 nitrogen and oxygen atoms in total. The van der Waals surface area contributed by atoms with Gasteiger partial charge in [-0.2, -0.15) is 0 Å². The van der Waals surface area contributed by atoms with Crippen molar-refractivity contribution in [2.75, 3.05) is 6.54 Å². The predicted molar refractivity (Wildman–Crippen MR) is 146 cm³/mol. The Kier molecular flexibility index (Phi) is 5.94. The lowest BCUT2D eigenvalue weighted by atomic mass is 9.85. The van der Waals surface area contributed by atoms with E-state index < -0.39 is 0 Å². The smallest absolute Gasteiger partial charge is 0.233 e. The van der Waals surface area contributed by atoms with Crippen LogP contribution in [0, 0.1) is 47.3 Å². The van der Waals surface area contributed by atoms with E-state index in [-0.39, 0.29) is 77.0 Å². The summed E-state index contributed by atoms with van der Waals surface area (Å²) in [6, 6.07) is 8.67. The molecule has 2 aliphatic heterocycles. The highest BCUT2D eigenvalue weighted by Gasteiger charge is 2.59. The number of amides is 4. The average molecular weight is 527 g/mol. The van der Waals surface area contributed by atoms with Gasteiger partial charge in [0.25, 0.3) is 0 Å². The van der Waals surface area contributed by atoms with Gasteiger partial charge >= 0.3 is 0 Å². The quantitative estimate of drug-likeness (QED) is 0.387. The van der Waals surface area contributed by atoms with Crippen LogP contribution in [0.15, 0.2) is 49.1 Å². The Bertz CT molecular complexity index is 1240. The normalized spacial score (nSPS) is 40.3. The summed E-state index contributed by atoms with van der Waals surface area (Å²) in [5.74, 6) is 0.784. The molecule has 1 aromatic rings. The average Bonchev–Trinajstić information content (AvgIpc) is 3.77. The summed E-state index contributed by atoms with van der Waals surface area (Å²) in [6.07, 6.45) is 12.3. The van der Waals surface area contributed by atoms with Crippen molar-refractivity contribution in [1.82, 2.24) is 9.80 Å². The number of fused-ring (bicyclic) bond motifs is 6. The van der Waals surface area contributed by atoms with Crippen LogP contribution in [0.3, 0.4) is 0 Å². The van der Waals surface area contributed by atoms with E-state index in [4.69, 9.17) is 0 Å². The lowest BCUT2D eigenvalue weighted by Gasteiger charge is -2.25. The Morgan fingerprint density at radius 2 is 1.49 bits per heavy atom. The Morgan fingerprint density at radius 1 is 0.821 bits per heavy atom. The van der Waals surface area contributed by atoms with E-state index in [1.807, 2.05) is 6.08 Å². The molecular formula is C33H38N2O4. The fourth-order valence-electron chi connectivity index (χ4n) is 9.19. The molecule has 0 N–H and O–H groups in total. The van der Waals surface area contributed by atoms with E-state index in [9.17, 15) is 19.2 Å². The first-order valence-electron chi connectivity index (χ1n) is 15.0. The molecule has 0 radical (unpaired) electrons. The molecule has 6 aliphatic rings. The van der Waals surface area contributed by atoms with Gasteiger partial charge in [0.15, 0.2) is 0 Å². The third-order valence-electron chi connectivity index (χ3n) is 11.1. The highest BCUT2D eigenvalue weighted by molar-refractivity contribution is 6.07. The number of allylic oxidation sites excluding steroid dienone is 3. The zero-order valence-corrected chi connectivity index (χ0v) is 22.7. The number of carbonyl (C=O) groups is 4. The van der Waals surface area contributed by atoms with Crippen molar-refractivity contribution in [3.63, 3.8) is 0 Å². The summed E-state index contributed by atoms with van der Waals surface area (Å²) < 4.78 is 0. The molecule has 204 valence electrons. The first kappa shape index (κ1) is 25.0. The van der Waals surface area contributed by atoms with Gasteiger partial charge in [-0.1, -0.05) is 49.4 Å². The molecular weight excluding hydrogens is 488 g/mol. The number of imide groups is 2. The summed E-state index contributed by atoms with van der Waals surface area (Å²) in [5.41, 5.74) is 2.47. The van der Waals surface area contributed by atoms with Crippen molar-refractivity contribution >= 4 is 23.6 Å². The third-order valence-corrected chi connectivity index (χ3v) is 11.1. The maximum Gasteiger partial charge on any atom is 0.233 e. The van der Waals surface area contributed by atoms with Gasteiger partial charge in [0.05, 0.1) is 23.7 Å². The number of likely N-dealkylation sites (tertiary alicyclic amines) is 2. The molecule has 10 unspecified atom stereocenters. The number of hydrogen-bond donors (Lipinski definition) is 0. The van der Waals surface area contributed by atoms with Gasteiger partial charge < -0.3 is 0 Å². The van der Waals surface area contributed by atoms with Crippen LogP contribution in [0.5, 0.6) is 0 Å². The first-order chi connectivity index (χ1) is 18.9. The van der Waals surface area contributed by atoms with E-state index in [0.717, 1.165) is 44.9 Å². The molecule has 6 heteroatoms. The van der Waals surface area contributed by atoms with Crippen molar-refractivity contribution in [3.8, 4) is 0 Å². The van der Waals surface area contributed by atoms with E-state index in [2.05, 4.69) is 49.9 Å². The van der Waals surface area contributed by atoms with Crippen molar-refractivity contribution in [2.24, 2.45) is 47.3 Å². The summed E-state index contributed by atoms with van der Waals surface area (Å²) >= 11 is 0. The van der Waals surface area contributed by atoms with Gasteiger partial charge in [-0.25, -0.2) is 0 Å². The second kappa shape index (κ2) is 9.28. The summed E-state index contributed by atoms with van der Waals surface area (Å²) in [4.78, 5) is 55.6. The fourth-order valence-corrected chi connectivity index (χ4v) is 9.19. The number of aryl methyl sites for hydroxylation is 1. The second-order valence-electron chi connectivity index (χ2n) is 13.0. The molecule has 0 aromatic heterocycles. The van der Waals surface area contributed by atoms with E-state index in [1.54, 1.807) is 4.90 Å². The zero-order chi connectivity index (χ0) is 27.0. The molecule has 4 aliphatic carbocycles. The number of benzene rings is 1.